The van der Waals surface area contributed by atoms with Gasteiger partial charge < -0.3 is 39.4 Å². The smallest absolute Gasteiger partial charge is 0.324 e. The van der Waals surface area contributed by atoms with Crippen molar-refractivity contribution in [1.29, 1.82) is 0 Å². The van der Waals surface area contributed by atoms with Gasteiger partial charge in [0.1, 0.15) is 18.1 Å². The van der Waals surface area contributed by atoms with Crippen LogP contribution in [0.25, 0.3) is 33.4 Å². The molecule has 0 radical (unpaired) electrons. The first-order valence-corrected chi connectivity index (χ1v) is 23.9. The number of pyridine rings is 1. The number of rotatable bonds is 12. The molecule has 0 saturated carbocycles. The van der Waals surface area contributed by atoms with Crippen LogP contribution in [0, 0.1) is 11.3 Å². The molecular weight excluding hydrogens is 861 g/mol. The van der Waals surface area contributed by atoms with Gasteiger partial charge in [0, 0.05) is 106 Å². The Bertz CT molecular complexity index is 2450. The lowest BCUT2D eigenvalue weighted by Crippen LogP contribution is -2.62. The minimum absolute atomic E-state index is 0.0275. The number of hydrogen-bond acceptors (Lipinski definition) is 12. The summed E-state index contributed by atoms with van der Waals surface area (Å²) in [6.45, 7) is 14.4. The summed E-state index contributed by atoms with van der Waals surface area (Å²) in [5, 5.41) is 11.1. The highest BCUT2D eigenvalue weighted by atomic mass is 32.1. The van der Waals surface area contributed by atoms with Crippen molar-refractivity contribution in [2.24, 2.45) is 11.3 Å². The number of esters is 1. The number of aryl methyl sites for hydroxylation is 1. The van der Waals surface area contributed by atoms with E-state index in [1.807, 2.05) is 32.2 Å². The van der Waals surface area contributed by atoms with Crippen LogP contribution in [-0.2, 0) is 48.0 Å². The van der Waals surface area contributed by atoms with Crippen molar-refractivity contribution in [1.82, 2.24) is 50.3 Å². The Morgan fingerprint density at radius 1 is 1.09 bits per heavy atom. The van der Waals surface area contributed by atoms with Gasteiger partial charge in [-0.2, -0.15) is 0 Å². The lowest BCUT2D eigenvalue weighted by Gasteiger charge is -2.37. The van der Waals surface area contributed by atoms with Gasteiger partial charge in [0.05, 0.1) is 40.8 Å². The maximum absolute atomic E-state index is 14.6. The van der Waals surface area contributed by atoms with Crippen LogP contribution in [0.1, 0.15) is 76.8 Å². The third-order valence-electron chi connectivity index (χ3n) is 13.0. The van der Waals surface area contributed by atoms with E-state index in [9.17, 15) is 24.0 Å². The van der Waals surface area contributed by atoms with Gasteiger partial charge in [-0.25, -0.2) is 15.2 Å². The fourth-order valence-electron chi connectivity index (χ4n) is 9.14. The highest BCUT2D eigenvalue weighted by molar-refractivity contribution is 7.10. The summed E-state index contributed by atoms with van der Waals surface area (Å²) in [5.74, 6) is -1.74. The SMILES string of the molecule is CCn1c(-c2cccnc2[C@H](C)OC)c2c3cc(ccc31)-c1csc(n1)C[C@H](NC(=O)C(C(C)C)N(C)C(=O)N(C)CCN(C)C(=O)[C@@H]1CN1)C(=O)N1CCC[C@H](N1)C(=O)OCC(C)(C)C2. The third-order valence-corrected chi connectivity index (χ3v) is 13.8. The number of likely N-dealkylation sites (N-methyl/N-ethyl adjacent to an activating group) is 3. The highest BCUT2D eigenvalue weighted by Crippen LogP contribution is 2.42. The van der Waals surface area contributed by atoms with Gasteiger partial charge in [-0.15, -0.1) is 11.3 Å². The number of aromatic nitrogens is 3. The van der Waals surface area contributed by atoms with Gasteiger partial charge in [-0.3, -0.25) is 29.2 Å². The minimum Gasteiger partial charge on any atom is -0.464 e. The molecule has 0 spiro atoms. The molecule has 0 aliphatic carbocycles. The van der Waals surface area contributed by atoms with Crippen LogP contribution >= 0.6 is 11.3 Å². The first-order valence-electron chi connectivity index (χ1n) is 23.0. The Morgan fingerprint density at radius 3 is 2.53 bits per heavy atom. The van der Waals surface area contributed by atoms with E-state index < -0.39 is 47.4 Å². The normalized spacial score (nSPS) is 20.6. The lowest BCUT2D eigenvalue weighted by atomic mass is 9.84. The number of carbonyl (C=O) groups is 5. The fraction of sp³-hybridized carbons (Fsp3) is 0.562. The van der Waals surface area contributed by atoms with Gasteiger partial charge in [0.15, 0.2) is 0 Å². The molecule has 18 heteroatoms. The average molecular weight is 927 g/mol. The van der Waals surface area contributed by atoms with E-state index in [1.54, 1.807) is 39.3 Å². The Kier molecular flexibility index (Phi) is 14.8. The number of cyclic esters (lactones) is 1. The summed E-state index contributed by atoms with van der Waals surface area (Å²) in [7, 11) is 6.60. The average Bonchev–Trinajstić information content (AvgIpc) is 3.98. The summed E-state index contributed by atoms with van der Waals surface area (Å²) in [6.07, 6.45) is 3.18. The maximum atomic E-state index is 14.6. The first-order chi connectivity index (χ1) is 31.4. The van der Waals surface area contributed by atoms with Crippen molar-refractivity contribution < 1.29 is 33.4 Å². The summed E-state index contributed by atoms with van der Waals surface area (Å²) in [4.78, 5) is 83.6. The minimum atomic E-state index is -1.09. The van der Waals surface area contributed by atoms with Gasteiger partial charge in [-0.1, -0.05) is 33.8 Å². The Hall–Kier alpha value is -5.43. The zero-order chi connectivity index (χ0) is 47.6. The number of urea groups is 1. The molecule has 6 bridgehead atoms. The summed E-state index contributed by atoms with van der Waals surface area (Å²) in [6, 6.07) is 7.00. The number of fused-ring (bicyclic) bond motifs is 6. The molecule has 356 valence electrons. The number of nitrogens with one attached hydrogen (secondary N) is 3. The fourth-order valence-corrected chi connectivity index (χ4v) is 9.99. The molecule has 17 nitrogen and oxygen atoms in total. The van der Waals surface area contributed by atoms with Crippen molar-refractivity contribution in [3.63, 3.8) is 0 Å². The molecule has 2 saturated heterocycles. The number of ether oxygens (including phenoxy) is 2. The molecule has 7 rings (SSSR count). The molecule has 3 N–H and O–H groups in total. The van der Waals surface area contributed by atoms with Crippen LogP contribution in [-0.4, -0.2) is 149 Å². The zero-order valence-electron chi connectivity index (χ0n) is 40.0. The second-order valence-electron chi connectivity index (χ2n) is 19.0. The molecule has 3 aliphatic heterocycles. The molecule has 1 unspecified atom stereocenters. The summed E-state index contributed by atoms with van der Waals surface area (Å²) < 4.78 is 14.2. The third kappa shape index (κ3) is 10.4. The number of methoxy groups -OCH3 is 1. The van der Waals surface area contributed by atoms with E-state index in [0.29, 0.717) is 50.4 Å². The van der Waals surface area contributed by atoms with E-state index >= 15 is 0 Å². The van der Waals surface area contributed by atoms with Crippen LogP contribution in [0.2, 0.25) is 0 Å². The second kappa shape index (κ2) is 20.2. The molecule has 66 heavy (non-hydrogen) atoms. The quantitative estimate of drug-likeness (QED) is 0.133. The first kappa shape index (κ1) is 48.5. The Labute approximate surface area is 391 Å². The van der Waals surface area contributed by atoms with E-state index in [1.165, 1.54) is 26.1 Å². The van der Waals surface area contributed by atoms with Crippen LogP contribution < -0.4 is 16.1 Å². The number of nitrogens with zero attached hydrogens (tertiary/aromatic N) is 7. The van der Waals surface area contributed by atoms with Crippen molar-refractivity contribution in [2.75, 3.05) is 61.0 Å². The lowest BCUT2D eigenvalue weighted by molar-refractivity contribution is -0.155. The van der Waals surface area contributed by atoms with Gasteiger partial charge in [0.2, 0.25) is 11.8 Å². The number of amides is 5. The topological polar surface area (TPSA) is 193 Å². The van der Waals surface area contributed by atoms with E-state index in [2.05, 4.69) is 65.7 Å². The van der Waals surface area contributed by atoms with Crippen molar-refractivity contribution in [3.05, 3.63) is 58.2 Å². The van der Waals surface area contributed by atoms with Crippen molar-refractivity contribution >= 4 is 52.0 Å². The van der Waals surface area contributed by atoms with E-state index in [0.717, 1.165) is 44.7 Å². The molecule has 4 aromatic rings. The molecule has 5 atom stereocenters. The van der Waals surface area contributed by atoms with Gasteiger partial charge in [0.25, 0.3) is 5.91 Å². The van der Waals surface area contributed by atoms with E-state index in [4.69, 9.17) is 19.4 Å². The zero-order valence-corrected chi connectivity index (χ0v) is 40.8. The van der Waals surface area contributed by atoms with Crippen LogP contribution in [0.5, 0.6) is 0 Å². The second-order valence-corrected chi connectivity index (χ2v) is 19.9. The number of benzene rings is 1. The highest BCUT2D eigenvalue weighted by Gasteiger charge is 2.39. The molecule has 3 aliphatic rings. The Balaban J connectivity index is 1.23. The molecule has 1 aromatic carbocycles. The number of carbonyl (C=O) groups excluding carboxylic acids is 5. The Morgan fingerprint density at radius 2 is 1.83 bits per heavy atom. The van der Waals surface area contributed by atoms with Gasteiger partial charge >= 0.3 is 12.0 Å². The number of hydrazine groups is 1. The molecule has 3 aromatic heterocycles. The van der Waals surface area contributed by atoms with E-state index in [-0.39, 0.29) is 43.5 Å². The van der Waals surface area contributed by atoms with Gasteiger partial charge in [-0.05, 0) is 68.9 Å². The number of thiazole rings is 1. The van der Waals surface area contributed by atoms with Crippen LogP contribution in [0.15, 0.2) is 41.9 Å². The largest absolute Gasteiger partial charge is 0.464 e. The number of hydrogen-bond donors (Lipinski definition) is 3. The molecule has 5 amide bonds. The van der Waals surface area contributed by atoms with Crippen molar-refractivity contribution in [2.45, 2.75) is 104 Å². The molecule has 6 heterocycles. The summed E-state index contributed by atoms with van der Waals surface area (Å²) in [5.41, 5.74) is 9.24. The molecule has 2 fully saturated rings. The van der Waals surface area contributed by atoms with Crippen molar-refractivity contribution in [3.8, 4) is 22.5 Å². The monoisotopic (exact) mass is 926 g/mol. The maximum Gasteiger partial charge on any atom is 0.324 e. The standard InChI is InChI=1S/C48H66N10O7S/c1-11-57-38-17-16-30-22-32(38)33(42(57)31-14-12-18-49-40(31)29(4)64-10)24-48(5,6)27-65-46(62)34-15-13-19-58(53-34)45(61)35(23-39-51-37(30)26-66-39)52-43(59)41(28(2)3)56(9)47(63)55(8)21-20-54(7)44(60)36-25-50-36/h12,14,16-18,22,26,28-29,34-36,41,50,53H,11,13,15,19-21,23-25,27H2,1-10H3,(H,52,59)/t29-,34-,35-,36-,41?/m0/s1. The predicted octanol–water partition coefficient (Wildman–Crippen LogP) is 4.64. The van der Waals surface area contributed by atoms with Crippen LogP contribution in [0.3, 0.4) is 0 Å². The van der Waals surface area contributed by atoms with Crippen LogP contribution in [0.4, 0.5) is 4.79 Å². The molecular formula is C48H66N10O7S. The summed E-state index contributed by atoms with van der Waals surface area (Å²) >= 11 is 1.40. The predicted molar refractivity (Wildman–Crippen MR) is 253 cm³/mol.